The summed E-state index contributed by atoms with van der Waals surface area (Å²) in [4.78, 5) is 30.4. The van der Waals surface area contributed by atoms with Crippen LogP contribution in [0, 0.1) is 24.7 Å². The van der Waals surface area contributed by atoms with Crippen molar-refractivity contribution in [3.05, 3.63) is 139 Å². The first-order valence-corrected chi connectivity index (χ1v) is 22.3. The summed E-state index contributed by atoms with van der Waals surface area (Å²) in [6.45, 7) is 3.96. The zero-order valence-corrected chi connectivity index (χ0v) is 36.4. The van der Waals surface area contributed by atoms with Crippen LogP contribution in [0.5, 0.6) is 0 Å². The molecule has 0 spiro atoms. The van der Waals surface area contributed by atoms with E-state index in [1.165, 1.54) is 32.5 Å². The van der Waals surface area contributed by atoms with Crippen LogP contribution in [0.15, 0.2) is 104 Å². The van der Waals surface area contributed by atoms with Gasteiger partial charge in [-0.25, -0.2) is 9.80 Å². The van der Waals surface area contributed by atoms with Crippen molar-refractivity contribution >= 4 is 136 Å². The molecule has 2 amide bonds. The summed E-state index contributed by atoms with van der Waals surface area (Å²) in [5, 5.41) is 39.7. The van der Waals surface area contributed by atoms with Gasteiger partial charge in [0.15, 0.2) is 20.4 Å². The SMILES string of the molecule is Cc1coc2c(-c3nnc(N4C(=N)S/C(=C\c5ccc(Cl)cc5)C4=O)s3)cc(Cc3cc(-c4nnc(N5C(=N)S/C(=C\c6ccc(Cl)cc6)C5=O)s4)c4occ(C)c4c3)cc12. The van der Waals surface area contributed by atoms with Gasteiger partial charge in [0.05, 0.1) is 33.5 Å². The Kier molecular flexibility index (Phi) is 10.0. The monoisotopic (exact) mass is 916 g/mol. The number of nitrogens with one attached hydrogen (secondary N) is 2. The highest BCUT2D eigenvalue weighted by molar-refractivity contribution is 8.19. The number of furan rings is 2. The Bertz CT molecular complexity index is 3010. The zero-order chi connectivity index (χ0) is 42.1. The third-order valence-electron chi connectivity index (χ3n) is 9.92. The highest BCUT2D eigenvalue weighted by Crippen LogP contribution is 2.43. The number of carbonyl (C=O) groups is 2. The predicted molar refractivity (Wildman–Crippen MR) is 247 cm³/mol. The largest absolute Gasteiger partial charge is 0.463 e. The summed E-state index contributed by atoms with van der Waals surface area (Å²) in [6, 6.07) is 22.5. The highest BCUT2D eigenvalue weighted by Gasteiger charge is 2.37. The molecule has 0 bridgehead atoms. The van der Waals surface area contributed by atoms with E-state index in [2.05, 4.69) is 32.5 Å². The number of amidine groups is 2. The van der Waals surface area contributed by atoms with E-state index in [0.29, 0.717) is 58.6 Å². The van der Waals surface area contributed by atoms with Crippen molar-refractivity contribution in [3.63, 3.8) is 0 Å². The molecule has 0 saturated carbocycles. The molecule has 10 rings (SSSR count). The van der Waals surface area contributed by atoms with E-state index in [0.717, 1.165) is 67.7 Å². The number of benzene rings is 4. The highest BCUT2D eigenvalue weighted by atomic mass is 35.5. The van der Waals surface area contributed by atoms with Gasteiger partial charge in [-0.15, -0.1) is 20.4 Å². The number of rotatable bonds is 8. The number of anilines is 2. The van der Waals surface area contributed by atoms with Crippen molar-refractivity contribution in [2.75, 3.05) is 9.80 Å². The number of fused-ring (bicyclic) bond motifs is 2. The smallest absolute Gasteiger partial charge is 0.273 e. The Labute approximate surface area is 372 Å². The van der Waals surface area contributed by atoms with Gasteiger partial charge in [0, 0.05) is 20.8 Å². The van der Waals surface area contributed by atoms with Crippen molar-refractivity contribution in [1.82, 2.24) is 20.4 Å². The van der Waals surface area contributed by atoms with E-state index in [-0.39, 0.29) is 32.4 Å². The topological polar surface area (TPSA) is 166 Å². The van der Waals surface area contributed by atoms with Crippen molar-refractivity contribution < 1.29 is 18.4 Å². The number of nitrogens with zero attached hydrogens (tertiary/aromatic N) is 6. The van der Waals surface area contributed by atoms with Gasteiger partial charge in [-0.2, -0.15) is 0 Å². The molecule has 6 heterocycles. The molecule has 4 aromatic heterocycles. The number of carbonyl (C=O) groups excluding carboxylic acids is 2. The quantitative estimate of drug-likeness (QED) is 0.140. The second-order valence-electron chi connectivity index (χ2n) is 14.0. The van der Waals surface area contributed by atoms with Gasteiger partial charge >= 0.3 is 0 Å². The van der Waals surface area contributed by atoms with Crippen LogP contribution < -0.4 is 9.80 Å². The number of halogens is 2. The minimum atomic E-state index is -0.358. The van der Waals surface area contributed by atoms with Gasteiger partial charge in [-0.1, -0.05) is 70.1 Å². The van der Waals surface area contributed by atoms with Gasteiger partial charge < -0.3 is 8.83 Å². The Hall–Kier alpha value is -5.88. The van der Waals surface area contributed by atoms with Crippen LogP contribution in [-0.4, -0.2) is 42.5 Å². The van der Waals surface area contributed by atoms with Crippen LogP contribution in [0.3, 0.4) is 0 Å². The first kappa shape index (κ1) is 39.3. The van der Waals surface area contributed by atoms with Crippen LogP contribution in [0.4, 0.5) is 10.3 Å². The molecular weight excluding hydrogens is 892 g/mol. The first-order valence-electron chi connectivity index (χ1n) is 18.3. The van der Waals surface area contributed by atoms with Crippen LogP contribution >= 0.6 is 69.4 Å². The summed E-state index contributed by atoms with van der Waals surface area (Å²) >= 11 is 16.6. The zero-order valence-electron chi connectivity index (χ0n) is 31.6. The Morgan fingerprint density at radius 3 is 1.44 bits per heavy atom. The number of hydrogen-bond donors (Lipinski definition) is 2. The normalized spacial score (nSPS) is 15.9. The fourth-order valence-corrected chi connectivity index (χ4v) is 10.7. The molecule has 2 saturated heterocycles. The molecule has 2 aliphatic heterocycles. The van der Waals surface area contributed by atoms with Crippen molar-refractivity contribution in [2.24, 2.45) is 0 Å². The minimum Gasteiger partial charge on any atom is -0.463 e. The number of thioether (sulfide) groups is 2. The molecule has 4 aromatic carbocycles. The lowest BCUT2D eigenvalue weighted by molar-refractivity contribution is -0.114. The standard InChI is InChI=1S/C43H26Cl2N8O4S4/c1-20-18-56-34-28(20)12-24(14-30(34)36-48-50-42(60-36)52-38(54)32(58-40(52)46)16-22-3-7-26(44)8-4-22)11-25-13-29-21(2)19-57-35(29)31(15-25)37-49-51-43(61-37)53-39(55)33(59-41(53)47)17-23-5-9-27(45)10-6-23/h3-10,12-19,46-47H,11H2,1-2H3/b32-16-,33-17-,46-40?,47-41?. The molecule has 8 aromatic rings. The molecule has 2 N–H and O–H groups in total. The minimum absolute atomic E-state index is 0.0314. The fourth-order valence-electron chi connectivity index (χ4n) is 6.97. The van der Waals surface area contributed by atoms with E-state index < -0.39 is 0 Å². The van der Waals surface area contributed by atoms with E-state index in [9.17, 15) is 9.59 Å². The number of amides is 2. The van der Waals surface area contributed by atoms with Crippen LogP contribution in [-0.2, 0) is 16.0 Å². The maximum absolute atomic E-state index is 13.6. The molecule has 0 radical (unpaired) electrons. The molecule has 18 heteroatoms. The average Bonchev–Trinajstić information content (AvgIpc) is 4.12. The lowest BCUT2D eigenvalue weighted by Gasteiger charge is -2.09. The summed E-state index contributed by atoms with van der Waals surface area (Å²) in [7, 11) is 0. The maximum atomic E-state index is 13.6. The third-order valence-corrected chi connectivity index (χ3v) is 14.1. The Morgan fingerprint density at radius 2 is 1.03 bits per heavy atom. The molecule has 0 atom stereocenters. The second-order valence-corrected chi connectivity index (χ2v) is 18.9. The van der Waals surface area contributed by atoms with Crippen LogP contribution in [0.1, 0.15) is 33.4 Å². The molecule has 2 fully saturated rings. The Morgan fingerprint density at radius 1 is 0.623 bits per heavy atom. The molecule has 61 heavy (non-hydrogen) atoms. The maximum Gasteiger partial charge on any atom is 0.273 e. The lowest BCUT2D eigenvalue weighted by atomic mass is 9.97. The number of hydrogen-bond acceptors (Lipinski definition) is 14. The summed E-state index contributed by atoms with van der Waals surface area (Å²) in [6.07, 6.45) is 7.38. The number of aryl methyl sites for hydroxylation is 2. The van der Waals surface area contributed by atoms with Gasteiger partial charge in [-0.05, 0) is 138 Å². The van der Waals surface area contributed by atoms with Gasteiger partial charge in [0.1, 0.15) is 11.2 Å². The van der Waals surface area contributed by atoms with E-state index >= 15 is 0 Å². The third kappa shape index (κ3) is 7.28. The van der Waals surface area contributed by atoms with Gasteiger partial charge in [-0.3, -0.25) is 20.4 Å². The van der Waals surface area contributed by atoms with Crippen LogP contribution in [0.25, 0.3) is 55.2 Å². The molecule has 0 unspecified atom stereocenters. The molecule has 12 nitrogen and oxygen atoms in total. The first-order chi connectivity index (χ1) is 29.5. The molecule has 300 valence electrons. The fraction of sp³-hybridized carbons (Fsp3) is 0.0698. The second kappa shape index (κ2) is 15.5. The van der Waals surface area contributed by atoms with Crippen molar-refractivity contribution in [2.45, 2.75) is 20.3 Å². The lowest BCUT2D eigenvalue weighted by Crippen LogP contribution is -2.27. The summed E-state index contributed by atoms with van der Waals surface area (Å²) in [5.74, 6) is -0.716. The molecular formula is C43H26Cl2N8O4S4. The summed E-state index contributed by atoms with van der Waals surface area (Å²) in [5.41, 5.74) is 8.11. The predicted octanol–water partition coefficient (Wildman–Crippen LogP) is 11.8. The van der Waals surface area contributed by atoms with Crippen molar-refractivity contribution in [3.8, 4) is 21.1 Å². The summed E-state index contributed by atoms with van der Waals surface area (Å²) < 4.78 is 12.1. The van der Waals surface area contributed by atoms with E-state index in [4.69, 9.17) is 42.9 Å². The van der Waals surface area contributed by atoms with E-state index in [1.807, 2.05) is 50.2 Å². The number of aromatic nitrogens is 4. The van der Waals surface area contributed by atoms with Crippen LogP contribution in [0.2, 0.25) is 10.0 Å². The molecule has 0 aliphatic carbocycles. The van der Waals surface area contributed by atoms with Crippen molar-refractivity contribution in [1.29, 1.82) is 10.8 Å². The van der Waals surface area contributed by atoms with Gasteiger partial charge in [0.2, 0.25) is 10.3 Å². The average molecular weight is 918 g/mol. The van der Waals surface area contributed by atoms with E-state index in [1.54, 1.807) is 48.9 Å². The molecule has 2 aliphatic rings. The van der Waals surface area contributed by atoms with Gasteiger partial charge in [0.25, 0.3) is 11.8 Å². The Balaban J connectivity index is 0.959.